The smallest absolute Gasteiger partial charge is 0.408 e. The summed E-state index contributed by atoms with van der Waals surface area (Å²) in [5, 5.41) is 23.0. The van der Waals surface area contributed by atoms with Crippen molar-refractivity contribution in [2.45, 2.75) is 68.3 Å². The van der Waals surface area contributed by atoms with E-state index in [2.05, 4.69) is 5.32 Å². The maximum atomic E-state index is 14.2. The fourth-order valence-corrected chi connectivity index (χ4v) is 6.18. The van der Waals surface area contributed by atoms with E-state index in [9.17, 15) is 29.4 Å². The molecule has 0 bridgehead atoms. The van der Waals surface area contributed by atoms with Crippen molar-refractivity contribution in [3.8, 4) is 5.75 Å². The quantitative estimate of drug-likeness (QED) is 0.296. The number of carbonyl (C=O) groups is 4. The van der Waals surface area contributed by atoms with Gasteiger partial charge in [0, 0.05) is 25.6 Å². The summed E-state index contributed by atoms with van der Waals surface area (Å²) in [5.74, 6) is -0.399. The highest BCUT2D eigenvalue weighted by Crippen LogP contribution is 2.37. The number of rotatable bonds is 11. The number of amides is 3. The van der Waals surface area contributed by atoms with Crippen LogP contribution in [0.15, 0.2) is 54.6 Å². The lowest BCUT2D eigenvalue weighted by Gasteiger charge is -2.41. The van der Waals surface area contributed by atoms with E-state index in [0.29, 0.717) is 44.1 Å². The number of aliphatic hydroxyl groups excluding tert-OH is 1. The number of carboxylic acid groups (broad SMARTS) is 1. The molecule has 0 spiro atoms. The molecule has 3 unspecified atom stereocenters. The SMILES string of the molecule is COc1cccc(CC2(C(=O)N[C@H](CN)[C@@H](O)C=O)CCCN2C(=O)C2CCC(Cc3ccccc3)N2C(=O)O)c1. The zero-order valence-corrected chi connectivity index (χ0v) is 23.1. The molecule has 5 atom stereocenters. The highest BCUT2D eigenvalue weighted by atomic mass is 16.5. The third kappa shape index (κ3) is 6.36. The zero-order valence-electron chi connectivity index (χ0n) is 23.1. The van der Waals surface area contributed by atoms with Gasteiger partial charge in [-0.2, -0.15) is 0 Å². The molecule has 41 heavy (non-hydrogen) atoms. The van der Waals surface area contributed by atoms with Gasteiger partial charge < -0.3 is 35.7 Å². The maximum Gasteiger partial charge on any atom is 0.408 e. The van der Waals surface area contributed by atoms with Crippen LogP contribution in [0.5, 0.6) is 5.75 Å². The van der Waals surface area contributed by atoms with Gasteiger partial charge in [0.25, 0.3) is 0 Å². The summed E-state index contributed by atoms with van der Waals surface area (Å²) in [6.07, 6.45) is -0.103. The largest absolute Gasteiger partial charge is 0.497 e. The second kappa shape index (κ2) is 13.1. The lowest BCUT2D eigenvalue weighted by molar-refractivity contribution is -0.149. The molecule has 4 rings (SSSR count). The monoisotopic (exact) mass is 566 g/mol. The lowest BCUT2D eigenvalue weighted by Crippen LogP contribution is -2.64. The van der Waals surface area contributed by atoms with Crippen LogP contribution in [0.4, 0.5) is 4.79 Å². The van der Waals surface area contributed by atoms with Crippen molar-refractivity contribution >= 4 is 24.2 Å². The van der Waals surface area contributed by atoms with E-state index in [1.54, 1.807) is 18.2 Å². The number of nitrogens with one attached hydrogen (secondary N) is 1. The molecule has 3 amide bonds. The minimum atomic E-state index is -1.51. The van der Waals surface area contributed by atoms with Crippen molar-refractivity contribution in [3.63, 3.8) is 0 Å². The molecule has 2 fully saturated rings. The molecule has 11 heteroatoms. The number of aliphatic hydroxyl groups is 1. The van der Waals surface area contributed by atoms with Crippen molar-refractivity contribution in [2.75, 3.05) is 20.2 Å². The number of carbonyl (C=O) groups excluding carboxylic acids is 3. The fraction of sp³-hybridized carbons (Fsp3) is 0.467. The number of hydrogen-bond acceptors (Lipinski definition) is 7. The summed E-state index contributed by atoms with van der Waals surface area (Å²) in [4.78, 5) is 54.7. The molecule has 2 heterocycles. The Morgan fingerprint density at radius 1 is 1.15 bits per heavy atom. The molecule has 0 radical (unpaired) electrons. The van der Waals surface area contributed by atoms with Crippen LogP contribution < -0.4 is 15.8 Å². The maximum absolute atomic E-state index is 14.2. The van der Waals surface area contributed by atoms with Gasteiger partial charge in [-0.3, -0.25) is 14.5 Å². The number of hydrogen-bond donors (Lipinski definition) is 4. The van der Waals surface area contributed by atoms with Crippen LogP contribution in [0.3, 0.4) is 0 Å². The van der Waals surface area contributed by atoms with E-state index in [1.807, 2.05) is 36.4 Å². The topological polar surface area (TPSA) is 162 Å². The molecule has 0 saturated carbocycles. The summed E-state index contributed by atoms with van der Waals surface area (Å²) in [6, 6.07) is 14.3. The van der Waals surface area contributed by atoms with E-state index in [0.717, 1.165) is 11.1 Å². The molecule has 0 aromatic heterocycles. The van der Waals surface area contributed by atoms with Gasteiger partial charge in [-0.1, -0.05) is 42.5 Å². The minimum Gasteiger partial charge on any atom is -0.497 e. The zero-order chi connectivity index (χ0) is 29.6. The first-order valence-electron chi connectivity index (χ1n) is 13.9. The number of methoxy groups -OCH3 is 1. The Morgan fingerprint density at radius 3 is 2.54 bits per heavy atom. The first-order chi connectivity index (χ1) is 19.7. The number of nitrogens with two attached hydrogens (primary N) is 1. The predicted octanol–water partition coefficient (Wildman–Crippen LogP) is 1.36. The first-order valence-corrected chi connectivity index (χ1v) is 13.9. The van der Waals surface area contributed by atoms with Crippen LogP contribution in [0.2, 0.25) is 0 Å². The minimum absolute atomic E-state index is 0.128. The number of ether oxygens (including phenoxy) is 1. The molecule has 2 aromatic carbocycles. The van der Waals surface area contributed by atoms with Crippen LogP contribution in [-0.2, 0) is 27.2 Å². The molecule has 2 aliphatic heterocycles. The highest BCUT2D eigenvalue weighted by Gasteiger charge is 2.53. The van der Waals surface area contributed by atoms with Gasteiger partial charge in [0.15, 0.2) is 6.29 Å². The van der Waals surface area contributed by atoms with Gasteiger partial charge in [0.2, 0.25) is 11.8 Å². The molecule has 0 aliphatic carbocycles. The van der Waals surface area contributed by atoms with Crippen LogP contribution in [0.1, 0.15) is 36.8 Å². The average molecular weight is 567 g/mol. The van der Waals surface area contributed by atoms with Gasteiger partial charge >= 0.3 is 6.09 Å². The van der Waals surface area contributed by atoms with Crippen molar-refractivity contribution in [1.82, 2.24) is 15.1 Å². The van der Waals surface area contributed by atoms with Crippen molar-refractivity contribution < 1.29 is 34.1 Å². The Morgan fingerprint density at radius 2 is 1.88 bits per heavy atom. The Labute approximate surface area is 239 Å². The molecule has 2 saturated heterocycles. The van der Waals surface area contributed by atoms with Gasteiger partial charge in [0.05, 0.1) is 13.2 Å². The molecular formula is C30H38N4O7. The Kier molecular flexibility index (Phi) is 9.61. The normalized spacial score (nSPS) is 23.6. The van der Waals surface area contributed by atoms with Gasteiger partial charge in [0.1, 0.15) is 23.4 Å². The van der Waals surface area contributed by atoms with Crippen LogP contribution in [0, 0.1) is 0 Å². The highest BCUT2D eigenvalue weighted by molar-refractivity contribution is 5.95. The lowest BCUT2D eigenvalue weighted by atomic mass is 9.86. The third-order valence-corrected chi connectivity index (χ3v) is 8.25. The summed E-state index contributed by atoms with van der Waals surface area (Å²) < 4.78 is 5.36. The van der Waals surface area contributed by atoms with Crippen molar-refractivity contribution in [3.05, 3.63) is 65.7 Å². The Hall–Kier alpha value is -3.96. The Bertz CT molecular complexity index is 1240. The van der Waals surface area contributed by atoms with Gasteiger partial charge in [-0.05, 0) is 55.4 Å². The number of benzene rings is 2. The average Bonchev–Trinajstić information content (AvgIpc) is 3.61. The van der Waals surface area contributed by atoms with E-state index in [4.69, 9.17) is 10.5 Å². The molecular weight excluding hydrogens is 528 g/mol. The standard InChI is InChI=1S/C30H38N4O7/c1-41-23-10-5-9-21(16-23)17-30(28(38)32-24(18-31)26(36)19-35)13-6-14-33(30)27(37)25-12-11-22(34(25)29(39)40)15-20-7-3-2-4-8-20/h2-5,7-10,16,19,22,24-26,36H,6,11-15,17-18,31H2,1H3,(H,32,38)(H,39,40)/t22?,24-,25?,26+,30?/m1/s1. The fourth-order valence-electron chi connectivity index (χ4n) is 6.18. The number of aldehydes is 1. The van der Waals surface area contributed by atoms with Crippen molar-refractivity contribution in [1.29, 1.82) is 0 Å². The van der Waals surface area contributed by atoms with Gasteiger partial charge in [-0.25, -0.2) is 4.79 Å². The van der Waals surface area contributed by atoms with Crippen LogP contribution >= 0.6 is 0 Å². The summed E-state index contributed by atoms with van der Waals surface area (Å²) in [7, 11) is 1.53. The van der Waals surface area contributed by atoms with E-state index in [1.165, 1.54) is 16.9 Å². The molecule has 2 aliphatic rings. The van der Waals surface area contributed by atoms with E-state index < -0.39 is 41.6 Å². The Balaban J connectivity index is 1.67. The summed E-state index contributed by atoms with van der Waals surface area (Å²) in [6.45, 7) is 0.0679. The summed E-state index contributed by atoms with van der Waals surface area (Å²) in [5.41, 5.74) is 6.08. The second-order valence-corrected chi connectivity index (χ2v) is 10.7. The van der Waals surface area contributed by atoms with Crippen LogP contribution in [-0.4, -0.2) is 94.2 Å². The van der Waals surface area contributed by atoms with Crippen molar-refractivity contribution in [2.24, 2.45) is 5.73 Å². The molecule has 11 nitrogen and oxygen atoms in total. The third-order valence-electron chi connectivity index (χ3n) is 8.25. The summed E-state index contributed by atoms with van der Waals surface area (Å²) >= 11 is 0. The molecule has 2 aromatic rings. The second-order valence-electron chi connectivity index (χ2n) is 10.7. The van der Waals surface area contributed by atoms with E-state index in [-0.39, 0.29) is 25.6 Å². The van der Waals surface area contributed by atoms with E-state index >= 15 is 0 Å². The molecule has 5 N–H and O–H groups in total. The predicted molar refractivity (Wildman–Crippen MR) is 150 cm³/mol. The number of likely N-dealkylation sites (tertiary alicyclic amines) is 2. The first kappa shape index (κ1) is 30.0. The molecule has 220 valence electrons. The van der Waals surface area contributed by atoms with Gasteiger partial charge in [-0.15, -0.1) is 0 Å². The van der Waals surface area contributed by atoms with Crippen LogP contribution in [0.25, 0.3) is 0 Å². The number of nitrogens with zero attached hydrogens (tertiary/aromatic N) is 2.